The average molecular weight is 405 g/mol. The lowest BCUT2D eigenvalue weighted by atomic mass is 10.3. The monoisotopic (exact) mass is 405 g/mol. The number of anilines is 1. The third kappa shape index (κ3) is 4.91. The van der Waals surface area contributed by atoms with E-state index in [1.165, 1.54) is 34.8 Å². The van der Waals surface area contributed by atoms with Crippen LogP contribution in [-0.2, 0) is 24.3 Å². The second-order valence-electron chi connectivity index (χ2n) is 5.88. The Morgan fingerprint density at radius 1 is 1.14 bits per heavy atom. The lowest BCUT2D eigenvalue weighted by Gasteiger charge is -2.26. The maximum absolute atomic E-state index is 12.7. The highest BCUT2D eigenvalue weighted by molar-refractivity contribution is 7.89. The Bertz CT molecular complexity index is 943. The molecule has 1 aliphatic heterocycles. The lowest BCUT2D eigenvalue weighted by molar-refractivity contribution is -0.119. The van der Waals surface area contributed by atoms with Crippen LogP contribution >= 0.6 is 0 Å². The van der Waals surface area contributed by atoms with Gasteiger partial charge in [-0.05, 0) is 30.3 Å². The van der Waals surface area contributed by atoms with Crippen molar-refractivity contribution in [3.05, 3.63) is 54.4 Å². The number of nitrogens with one attached hydrogen (secondary N) is 1. The van der Waals surface area contributed by atoms with Crippen LogP contribution in [0.25, 0.3) is 0 Å². The van der Waals surface area contributed by atoms with Gasteiger partial charge in [-0.1, -0.05) is 12.1 Å². The van der Waals surface area contributed by atoms with E-state index in [-0.39, 0.29) is 29.4 Å². The van der Waals surface area contributed by atoms with Crippen LogP contribution in [0.5, 0.6) is 0 Å². The number of sulfonamides is 1. The minimum atomic E-state index is -3.67. The fraction of sp³-hybridized carbons (Fsp3) is 0.278. The van der Waals surface area contributed by atoms with Gasteiger partial charge in [0.25, 0.3) is 5.91 Å². The van der Waals surface area contributed by atoms with Gasteiger partial charge in [-0.15, -0.1) is 0 Å². The second-order valence-corrected chi connectivity index (χ2v) is 7.82. The highest BCUT2D eigenvalue weighted by Gasteiger charge is 2.26. The first-order chi connectivity index (χ1) is 13.5. The number of carbonyl (C=O) groups is 2. The molecule has 1 aliphatic rings. The molecule has 1 aromatic carbocycles. The largest absolute Gasteiger partial charge is 0.451 e. The molecule has 2 heterocycles. The number of rotatable bonds is 6. The summed E-state index contributed by atoms with van der Waals surface area (Å²) in [6, 6.07) is 10.7. The SMILES string of the molecule is O=C(COC(=O)c1ccccn1)Nc1cccc(S(=O)(=O)N2CCOCC2)c1. The Balaban J connectivity index is 1.61. The van der Waals surface area contributed by atoms with Crippen molar-refractivity contribution in [2.45, 2.75) is 4.90 Å². The van der Waals surface area contributed by atoms with Gasteiger partial charge in [-0.3, -0.25) is 4.79 Å². The molecule has 1 fully saturated rings. The predicted octanol–water partition coefficient (Wildman–Crippen LogP) is 0.898. The molecule has 1 saturated heterocycles. The zero-order valence-corrected chi connectivity index (χ0v) is 15.7. The maximum atomic E-state index is 12.7. The summed E-state index contributed by atoms with van der Waals surface area (Å²) in [4.78, 5) is 27.7. The number of morpholine rings is 1. The van der Waals surface area contributed by atoms with Crippen LogP contribution in [0.2, 0.25) is 0 Å². The Labute approximate surface area is 162 Å². The Morgan fingerprint density at radius 3 is 2.64 bits per heavy atom. The molecule has 148 valence electrons. The van der Waals surface area contributed by atoms with Crippen molar-refractivity contribution in [1.82, 2.24) is 9.29 Å². The predicted molar refractivity (Wildman–Crippen MR) is 99.2 cm³/mol. The van der Waals surface area contributed by atoms with E-state index in [1.807, 2.05) is 0 Å². The van der Waals surface area contributed by atoms with Gasteiger partial charge in [0.05, 0.1) is 18.1 Å². The van der Waals surface area contributed by atoms with Crippen LogP contribution in [0.4, 0.5) is 5.69 Å². The molecular formula is C18H19N3O6S. The summed E-state index contributed by atoms with van der Waals surface area (Å²) in [5.74, 6) is -1.32. The van der Waals surface area contributed by atoms with Gasteiger partial charge in [0.15, 0.2) is 6.61 Å². The molecule has 10 heteroatoms. The van der Waals surface area contributed by atoms with E-state index in [9.17, 15) is 18.0 Å². The molecule has 1 N–H and O–H groups in total. The summed E-state index contributed by atoms with van der Waals surface area (Å²) >= 11 is 0. The van der Waals surface area contributed by atoms with Crippen molar-refractivity contribution in [2.75, 3.05) is 38.2 Å². The quantitative estimate of drug-likeness (QED) is 0.710. The van der Waals surface area contributed by atoms with E-state index in [0.29, 0.717) is 13.2 Å². The fourth-order valence-corrected chi connectivity index (χ4v) is 4.01. The van der Waals surface area contributed by atoms with Gasteiger partial charge in [0, 0.05) is 25.0 Å². The number of aromatic nitrogens is 1. The summed E-state index contributed by atoms with van der Waals surface area (Å²) in [5.41, 5.74) is 0.377. The number of carbonyl (C=O) groups excluding carboxylic acids is 2. The first-order valence-electron chi connectivity index (χ1n) is 8.53. The highest BCUT2D eigenvalue weighted by Crippen LogP contribution is 2.20. The number of hydrogen-bond acceptors (Lipinski definition) is 7. The molecule has 0 aliphatic carbocycles. The van der Waals surface area contributed by atoms with Crippen LogP contribution < -0.4 is 5.32 Å². The number of amides is 1. The molecule has 0 bridgehead atoms. The molecule has 3 rings (SSSR count). The lowest BCUT2D eigenvalue weighted by Crippen LogP contribution is -2.40. The van der Waals surface area contributed by atoms with Crippen molar-refractivity contribution in [2.24, 2.45) is 0 Å². The number of pyridine rings is 1. The van der Waals surface area contributed by atoms with Crippen LogP contribution in [0.1, 0.15) is 10.5 Å². The van der Waals surface area contributed by atoms with Gasteiger partial charge in [-0.25, -0.2) is 18.2 Å². The highest BCUT2D eigenvalue weighted by atomic mass is 32.2. The molecule has 0 unspecified atom stereocenters. The normalized spacial score (nSPS) is 15.0. The zero-order valence-electron chi connectivity index (χ0n) is 14.9. The van der Waals surface area contributed by atoms with Crippen LogP contribution in [0.15, 0.2) is 53.6 Å². The van der Waals surface area contributed by atoms with Gasteiger partial charge >= 0.3 is 5.97 Å². The molecule has 2 aromatic rings. The van der Waals surface area contributed by atoms with Crippen LogP contribution in [-0.4, -0.2) is 62.5 Å². The van der Waals surface area contributed by atoms with Gasteiger partial charge in [0.1, 0.15) is 5.69 Å². The number of esters is 1. The van der Waals surface area contributed by atoms with Crippen molar-refractivity contribution in [1.29, 1.82) is 0 Å². The minimum absolute atomic E-state index is 0.0673. The van der Waals surface area contributed by atoms with E-state index in [1.54, 1.807) is 18.2 Å². The molecule has 0 spiro atoms. The maximum Gasteiger partial charge on any atom is 0.357 e. The first kappa shape index (κ1) is 19.9. The first-order valence-corrected chi connectivity index (χ1v) is 9.97. The molecule has 1 amide bonds. The topological polar surface area (TPSA) is 115 Å². The molecule has 0 radical (unpaired) electrons. The molecule has 9 nitrogen and oxygen atoms in total. The summed E-state index contributed by atoms with van der Waals surface area (Å²) in [5, 5.41) is 2.52. The Morgan fingerprint density at radius 2 is 1.93 bits per heavy atom. The van der Waals surface area contributed by atoms with Crippen LogP contribution in [0.3, 0.4) is 0 Å². The summed E-state index contributed by atoms with van der Waals surface area (Å²) in [7, 11) is -3.67. The number of hydrogen-bond donors (Lipinski definition) is 1. The third-order valence-corrected chi connectivity index (χ3v) is 5.83. The van der Waals surface area contributed by atoms with Crippen molar-refractivity contribution in [3.8, 4) is 0 Å². The number of nitrogens with zero attached hydrogens (tertiary/aromatic N) is 2. The van der Waals surface area contributed by atoms with Gasteiger partial charge in [0.2, 0.25) is 10.0 Å². The molecule has 0 atom stereocenters. The van der Waals surface area contributed by atoms with Gasteiger partial charge in [-0.2, -0.15) is 4.31 Å². The van der Waals surface area contributed by atoms with E-state index < -0.39 is 28.5 Å². The Kier molecular flexibility index (Phi) is 6.34. The van der Waals surface area contributed by atoms with Crippen LogP contribution in [0, 0.1) is 0 Å². The third-order valence-electron chi connectivity index (χ3n) is 3.93. The van der Waals surface area contributed by atoms with E-state index >= 15 is 0 Å². The minimum Gasteiger partial charge on any atom is -0.451 e. The summed E-state index contributed by atoms with van der Waals surface area (Å²) in [6.45, 7) is 0.731. The fourth-order valence-electron chi connectivity index (χ4n) is 2.56. The van der Waals surface area contributed by atoms with Gasteiger partial charge < -0.3 is 14.8 Å². The van der Waals surface area contributed by atoms with E-state index in [0.717, 1.165) is 0 Å². The summed E-state index contributed by atoms with van der Waals surface area (Å²) in [6.07, 6.45) is 1.44. The van der Waals surface area contributed by atoms with E-state index in [4.69, 9.17) is 9.47 Å². The van der Waals surface area contributed by atoms with E-state index in [2.05, 4.69) is 10.3 Å². The van der Waals surface area contributed by atoms with Crippen molar-refractivity contribution >= 4 is 27.6 Å². The zero-order chi connectivity index (χ0) is 20.0. The summed E-state index contributed by atoms with van der Waals surface area (Å²) < 4.78 is 36.8. The van der Waals surface area contributed by atoms with Crippen molar-refractivity contribution in [3.63, 3.8) is 0 Å². The average Bonchev–Trinajstić information content (AvgIpc) is 2.73. The number of ether oxygens (including phenoxy) is 2. The number of benzene rings is 1. The standard InChI is InChI=1S/C18H19N3O6S/c22-17(13-27-18(23)16-6-1-2-7-19-16)20-14-4-3-5-15(12-14)28(24,25)21-8-10-26-11-9-21/h1-7,12H,8-11,13H2,(H,20,22). The molecular weight excluding hydrogens is 386 g/mol. The molecule has 28 heavy (non-hydrogen) atoms. The molecule has 1 aromatic heterocycles. The smallest absolute Gasteiger partial charge is 0.357 e. The second kappa shape index (κ2) is 8.91. The van der Waals surface area contributed by atoms with Crippen molar-refractivity contribution < 1.29 is 27.5 Å². The molecule has 0 saturated carbocycles. The Hall–Kier alpha value is -2.82.